The van der Waals surface area contributed by atoms with Gasteiger partial charge in [0.05, 0.1) is 11.0 Å². The van der Waals surface area contributed by atoms with E-state index in [-0.39, 0.29) is 0 Å². The highest BCUT2D eigenvalue weighted by molar-refractivity contribution is 6.31. The van der Waals surface area contributed by atoms with E-state index in [2.05, 4.69) is 33.6 Å². The van der Waals surface area contributed by atoms with Crippen LogP contribution < -0.4 is 21.3 Å². The first-order chi connectivity index (χ1) is 16.4. The maximum atomic E-state index is 6.32. The Kier molecular flexibility index (Phi) is 6.28. The summed E-state index contributed by atoms with van der Waals surface area (Å²) < 4.78 is 0. The van der Waals surface area contributed by atoms with Gasteiger partial charge < -0.3 is 21.3 Å². The number of pyridine rings is 2. The first-order valence-electron chi connectivity index (χ1n) is 11.5. The average molecular weight is 495 g/mol. The summed E-state index contributed by atoms with van der Waals surface area (Å²) in [6.45, 7) is 0. The molecule has 0 atom stereocenters. The number of benzene rings is 2. The maximum absolute atomic E-state index is 6.32. The van der Waals surface area contributed by atoms with Gasteiger partial charge in [-0.1, -0.05) is 23.2 Å². The normalized spacial score (nSPS) is 18.2. The third kappa shape index (κ3) is 4.52. The molecule has 4 N–H and O–H groups in total. The topological polar surface area (TPSA) is 79.1 Å². The Morgan fingerprint density at radius 2 is 1.53 bits per heavy atom. The fourth-order valence-electron chi connectivity index (χ4n) is 4.86. The summed E-state index contributed by atoms with van der Waals surface area (Å²) in [5.41, 5.74) is 9.85. The Morgan fingerprint density at radius 3 is 2.21 bits per heavy atom. The molecule has 0 aliphatic heterocycles. The lowest BCUT2D eigenvalue weighted by Gasteiger charge is -2.36. The van der Waals surface area contributed by atoms with E-state index in [1.54, 1.807) is 0 Å². The van der Waals surface area contributed by atoms with Gasteiger partial charge in [-0.2, -0.15) is 0 Å². The predicted octanol–water partition coefficient (Wildman–Crippen LogP) is 6.57. The van der Waals surface area contributed by atoms with Crippen molar-refractivity contribution in [2.24, 2.45) is 0 Å². The zero-order chi connectivity index (χ0) is 23.8. The highest BCUT2D eigenvalue weighted by Crippen LogP contribution is 2.33. The van der Waals surface area contributed by atoms with E-state index in [9.17, 15) is 0 Å². The standard InChI is InChI=1S/C26H28Cl2N6/c1-30-25-14-24(20-10-4-16(28)12-23(20)32-25)31-17-5-7-18(8-6-17)34(2)26-13-21(29)19-9-3-15(27)11-22(19)33-26/h3-4,9-14,17-18H,5-8H2,1-2H3,(H2,29,33)(H2,30,31,32). The second-order valence-electron chi connectivity index (χ2n) is 8.96. The zero-order valence-electron chi connectivity index (χ0n) is 19.3. The van der Waals surface area contributed by atoms with Gasteiger partial charge in [0.1, 0.15) is 11.6 Å². The lowest BCUT2D eigenvalue weighted by atomic mass is 9.90. The molecule has 5 rings (SSSR count). The first-order valence-corrected chi connectivity index (χ1v) is 12.3. The molecule has 34 heavy (non-hydrogen) atoms. The Morgan fingerprint density at radius 1 is 0.882 bits per heavy atom. The van der Waals surface area contributed by atoms with Crippen molar-refractivity contribution >= 4 is 68.0 Å². The second-order valence-corrected chi connectivity index (χ2v) is 9.83. The molecule has 176 valence electrons. The van der Waals surface area contributed by atoms with Crippen LogP contribution in [0.15, 0.2) is 48.5 Å². The summed E-state index contributed by atoms with van der Waals surface area (Å²) in [6.07, 6.45) is 4.26. The van der Waals surface area contributed by atoms with Crippen molar-refractivity contribution in [3.63, 3.8) is 0 Å². The lowest BCUT2D eigenvalue weighted by molar-refractivity contribution is 0.399. The van der Waals surface area contributed by atoms with Gasteiger partial charge in [-0.25, -0.2) is 9.97 Å². The average Bonchev–Trinajstić information content (AvgIpc) is 2.83. The Hall–Kier alpha value is -2.96. The van der Waals surface area contributed by atoms with Gasteiger partial charge in [0.15, 0.2) is 0 Å². The molecule has 2 aromatic heterocycles. The lowest BCUT2D eigenvalue weighted by Crippen LogP contribution is -2.38. The van der Waals surface area contributed by atoms with Gasteiger partial charge in [0, 0.05) is 70.5 Å². The fourth-order valence-corrected chi connectivity index (χ4v) is 5.19. The van der Waals surface area contributed by atoms with Crippen LogP contribution in [0.2, 0.25) is 10.0 Å². The SMILES string of the molecule is CNc1cc(NC2CCC(N(C)c3cc(N)c4ccc(Cl)cc4n3)CC2)c2ccc(Cl)cc2n1. The molecular weight excluding hydrogens is 467 g/mol. The monoisotopic (exact) mass is 494 g/mol. The zero-order valence-corrected chi connectivity index (χ0v) is 20.8. The van der Waals surface area contributed by atoms with Gasteiger partial charge in [-0.3, -0.25) is 0 Å². The number of nitrogens with one attached hydrogen (secondary N) is 2. The van der Waals surface area contributed by atoms with E-state index in [4.69, 9.17) is 33.9 Å². The van der Waals surface area contributed by atoms with Gasteiger partial charge >= 0.3 is 0 Å². The van der Waals surface area contributed by atoms with E-state index < -0.39 is 0 Å². The third-order valence-corrected chi connectivity index (χ3v) is 7.25. The quantitative estimate of drug-likeness (QED) is 0.291. The number of hydrogen-bond donors (Lipinski definition) is 3. The molecule has 1 saturated carbocycles. The van der Waals surface area contributed by atoms with E-state index >= 15 is 0 Å². The third-order valence-electron chi connectivity index (χ3n) is 6.78. The van der Waals surface area contributed by atoms with E-state index in [0.717, 1.165) is 70.5 Å². The number of hydrogen-bond acceptors (Lipinski definition) is 6. The van der Waals surface area contributed by atoms with Crippen LogP contribution in [0.25, 0.3) is 21.8 Å². The molecule has 4 aromatic rings. The molecule has 2 aromatic carbocycles. The van der Waals surface area contributed by atoms with Crippen molar-refractivity contribution in [2.75, 3.05) is 35.4 Å². The highest BCUT2D eigenvalue weighted by Gasteiger charge is 2.26. The number of aromatic nitrogens is 2. The van der Waals surface area contributed by atoms with Crippen LogP contribution >= 0.6 is 23.2 Å². The summed E-state index contributed by atoms with van der Waals surface area (Å²) in [4.78, 5) is 11.7. The number of halogens is 2. The molecular formula is C26H28Cl2N6. The number of nitrogens with two attached hydrogens (primary N) is 1. The Balaban J connectivity index is 1.30. The molecule has 6 nitrogen and oxygen atoms in total. The second kappa shape index (κ2) is 9.35. The number of nitrogen functional groups attached to an aromatic ring is 1. The van der Waals surface area contributed by atoms with Crippen molar-refractivity contribution in [1.29, 1.82) is 0 Å². The summed E-state index contributed by atoms with van der Waals surface area (Å²) in [5.74, 6) is 1.71. The minimum atomic E-state index is 0.393. The molecule has 0 saturated heterocycles. The maximum Gasteiger partial charge on any atom is 0.131 e. The first kappa shape index (κ1) is 22.8. The van der Waals surface area contributed by atoms with Crippen molar-refractivity contribution in [2.45, 2.75) is 37.8 Å². The van der Waals surface area contributed by atoms with Gasteiger partial charge in [0.2, 0.25) is 0 Å². The molecule has 0 radical (unpaired) electrons. The van der Waals surface area contributed by atoms with Crippen LogP contribution in [0.1, 0.15) is 25.7 Å². The molecule has 2 heterocycles. The molecule has 1 aliphatic rings. The molecule has 1 fully saturated rings. The highest BCUT2D eigenvalue weighted by atomic mass is 35.5. The smallest absolute Gasteiger partial charge is 0.131 e. The van der Waals surface area contributed by atoms with Crippen molar-refractivity contribution in [3.05, 3.63) is 58.6 Å². The van der Waals surface area contributed by atoms with Crippen LogP contribution in [0.4, 0.5) is 23.0 Å². The van der Waals surface area contributed by atoms with E-state index in [1.807, 2.05) is 49.5 Å². The van der Waals surface area contributed by atoms with Gasteiger partial charge in [0.25, 0.3) is 0 Å². The summed E-state index contributed by atoms with van der Waals surface area (Å²) in [7, 11) is 3.99. The number of nitrogens with zero attached hydrogens (tertiary/aromatic N) is 3. The largest absolute Gasteiger partial charge is 0.398 e. The van der Waals surface area contributed by atoms with Crippen LogP contribution in [0.5, 0.6) is 0 Å². The van der Waals surface area contributed by atoms with Crippen LogP contribution in [0, 0.1) is 0 Å². The predicted molar refractivity (Wildman–Crippen MR) is 146 cm³/mol. The minimum absolute atomic E-state index is 0.393. The van der Waals surface area contributed by atoms with Crippen LogP contribution in [-0.4, -0.2) is 36.1 Å². The van der Waals surface area contributed by atoms with Crippen LogP contribution in [-0.2, 0) is 0 Å². The number of fused-ring (bicyclic) bond motifs is 2. The Bertz CT molecular complexity index is 1350. The molecule has 0 spiro atoms. The molecule has 8 heteroatoms. The summed E-state index contributed by atoms with van der Waals surface area (Å²) in [6, 6.07) is 16.3. The minimum Gasteiger partial charge on any atom is -0.398 e. The number of rotatable bonds is 5. The van der Waals surface area contributed by atoms with E-state index in [0.29, 0.717) is 22.1 Å². The van der Waals surface area contributed by atoms with E-state index in [1.165, 1.54) is 0 Å². The van der Waals surface area contributed by atoms with Crippen molar-refractivity contribution in [1.82, 2.24) is 9.97 Å². The van der Waals surface area contributed by atoms with Gasteiger partial charge in [-0.15, -0.1) is 0 Å². The molecule has 0 bridgehead atoms. The summed E-state index contributed by atoms with van der Waals surface area (Å²) in [5, 5.41) is 10.3. The Labute approximate surface area is 209 Å². The number of anilines is 4. The van der Waals surface area contributed by atoms with Crippen molar-refractivity contribution in [3.8, 4) is 0 Å². The van der Waals surface area contributed by atoms with Crippen LogP contribution in [0.3, 0.4) is 0 Å². The fraction of sp³-hybridized carbons (Fsp3) is 0.308. The molecule has 0 unspecified atom stereocenters. The summed E-state index contributed by atoms with van der Waals surface area (Å²) >= 11 is 12.4. The molecule has 0 amide bonds. The van der Waals surface area contributed by atoms with Gasteiger partial charge in [-0.05, 0) is 62.1 Å². The molecule has 1 aliphatic carbocycles. The van der Waals surface area contributed by atoms with Crippen molar-refractivity contribution < 1.29 is 0 Å².